The minimum atomic E-state index is -0.830. The average Bonchev–Trinajstić information content (AvgIpc) is 2.51. The van der Waals surface area contributed by atoms with Crippen molar-refractivity contribution in [3.63, 3.8) is 0 Å². The lowest BCUT2D eigenvalue weighted by molar-refractivity contribution is -0.137. The molecule has 22 heavy (non-hydrogen) atoms. The summed E-state index contributed by atoms with van der Waals surface area (Å²) in [6, 6.07) is 5.47. The number of carbonyl (C=O) groups excluding carboxylic acids is 1. The van der Waals surface area contributed by atoms with Crippen LogP contribution in [0.15, 0.2) is 18.2 Å². The lowest BCUT2D eigenvalue weighted by atomic mass is 10.1. The van der Waals surface area contributed by atoms with Crippen molar-refractivity contribution in [1.29, 1.82) is 0 Å². The number of unbranched alkanes of at least 4 members (excludes halogenated alkanes) is 1. The number of rotatable bonds is 9. The van der Waals surface area contributed by atoms with E-state index in [1.807, 2.05) is 12.1 Å². The van der Waals surface area contributed by atoms with Crippen molar-refractivity contribution >= 4 is 11.9 Å². The van der Waals surface area contributed by atoms with E-state index in [1.54, 1.807) is 32.2 Å². The number of hydrogen-bond donors (Lipinski definition) is 1. The van der Waals surface area contributed by atoms with Crippen LogP contribution in [-0.4, -0.2) is 43.2 Å². The van der Waals surface area contributed by atoms with Gasteiger partial charge in [-0.25, -0.2) is 0 Å². The van der Waals surface area contributed by atoms with E-state index in [4.69, 9.17) is 14.6 Å². The van der Waals surface area contributed by atoms with Gasteiger partial charge in [-0.1, -0.05) is 0 Å². The Morgan fingerprint density at radius 3 is 2.41 bits per heavy atom. The Kier molecular flexibility index (Phi) is 7.22. The van der Waals surface area contributed by atoms with Crippen molar-refractivity contribution in [3.8, 4) is 11.5 Å². The van der Waals surface area contributed by atoms with Crippen LogP contribution in [-0.2, 0) is 16.1 Å². The molecule has 0 atom stereocenters. The Bertz CT molecular complexity index is 515. The second-order valence-electron chi connectivity index (χ2n) is 5.03. The zero-order valence-corrected chi connectivity index (χ0v) is 13.3. The lowest BCUT2D eigenvalue weighted by Crippen LogP contribution is -2.26. The SMILES string of the molecule is COc1ccc(CN(C)C(=O)CCCCC(=O)O)c(OC)c1. The monoisotopic (exact) mass is 309 g/mol. The topological polar surface area (TPSA) is 76.1 Å². The quantitative estimate of drug-likeness (QED) is 0.708. The first-order valence-corrected chi connectivity index (χ1v) is 7.14. The molecule has 1 aromatic carbocycles. The maximum atomic E-state index is 12.0. The smallest absolute Gasteiger partial charge is 0.303 e. The predicted molar refractivity (Wildman–Crippen MR) is 82.1 cm³/mol. The Morgan fingerprint density at radius 1 is 1.14 bits per heavy atom. The molecule has 0 spiro atoms. The second kappa shape index (κ2) is 8.92. The highest BCUT2D eigenvalue weighted by atomic mass is 16.5. The van der Waals surface area contributed by atoms with Gasteiger partial charge in [0.2, 0.25) is 5.91 Å². The van der Waals surface area contributed by atoms with E-state index < -0.39 is 5.97 Å². The molecule has 0 fully saturated rings. The number of methoxy groups -OCH3 is 2. The summed E-state index contributed by atoms with van der Waals surface area (Å²) in [6.45, 7) is 0.435. The number of aliphatic carboxylic acids is 1. The minimum Gasteiger partial charge on any atom is -0.497 e. The molecule has 6 nitrogen and oxygen atoms in total. The third-order valence-corrected chi connectivity index (χ3v) is 3.36. The molecule has 0 radical (unpaired) electrons. The molecule has 1 N–H and O–H groups in total. The van der Waals surface area contributed by atoms with Gasteiger partial charge >= 0.3 is 5.97 Å². The number of amides is 1. The molecule has 0 bridgehead atoms. The van der Waals surface area contributed by atoms with Crippen molar-refractivity contribution in [2.75, 3.05) is 21.3 Å². The van der Waals surface area contributed by atoms with Gasteiger partial charge in [-0.3, -0.25) is 9.59 Å². The van der Waals surface area contributed by atoms with Crippen LogP contribution in [0.3, 0.4) is 0 Å². The fourth-order valence-electron chi connectivity index (χ4n) is 2.07. The molecular weight excluding hydrogens is 286 g/mol. The second-order valence-corrected chi connectivity index (χ2v) is 5.03. The fourth-order valence-corrected chi connectivity index (χ4v) is 2.07. The summed E-state index contributed by atoms with van der Waals surface area (Å²) in [5, 5.41) is 8.56. The molecule has 1 aromatic rings. The third kappa shape index (κ3) is 5.63. The Balaban J connectivity index is 2.54. The fraction of sp³-hybridized carbons (Fsp3) is 0.500. The number of nitrogens with zero attached hydrogens (tertiary/aromatic N) is 1. The minimum absolute atomic E-state index is 0.0109. The summed E-state index contributed by atoms with van der Waals surface area (Å²) in [7, 11) is 4.89. The number of benzene rings is 1. The van der Waals surface area contributed by atoms with Gasteiger partial charge in [-0.05, 0) is 25.0 Å². The summed E-state index contributed by atoms with van der Waals surface area (Å²) >= 11 is 0. The van der Waals surface area contributed by atoms with Crippen LogP contribution in [0, 0.1) is 0 Å². The normalized spacial score (nSPS) is 10.1. The van der Waals surface area contributed by atoms with Gasteiger partial charge in [-0.2, -0.15) is 0 Å². The van der Waals surface area contributed by atoms with Gasteiger partial charge in [0.1, 0.15) is 11.5 Å². The van der Waals surface area contributed by atoms with E-state index in [1.165, 1.54) is 0 Å². The van der Waals surface area contributed by atoms with Crippen molar-refractivity contribution in [1.82, 2.24) is 4.90 Å². The standard InChI is InChI=1S/C16H23NO5/c1-17(15(18)6-4-5-7-16(19)20)11-12-8-9-13(21-2)10-14(12)22-3/h8-10H,4-7,11H2,1-3H3,(H,19,20). The summed E-state index contributed by atoms with van der Waals surface area (Å²) < 4.78 is 10.5. The molecule has 0 aromatic heterocycles. The summed E-state index contributed by atoms with van der Waals surface area (Å²) in [6.07, 6.45) is 1.54. The average molecular weight is 309 g/mol. The highest BCUT2D eigenvalue weighted by Crippen LogP contribution is 2.25. The molecule has 0 aliphatic heterocycles. The highest BCUT2D eigenvalue weighted by Gasteiger charge is 2.13. The first-order chi connectivity index (χ1) is 10.5. The van der Waals surface area contributed by atoms with Crippen LogP contribution in [0.1, 0.15) is 31.2 Å². The number of ether oxygens (including phenoxy) is 2. The molecular formula is C16H23NO5. The van der Waals surface area contributed by atoms with Crippen molar-refractivity contribution in [2.45, 2.75) is 32.2 Å². The van der Waals surface area contributed by atoms with Gasteiger partial charge in [0.15, 0.2) is 0 Å². The molecule has 0 heterocycles. The van der Waals surface area contributed by atoms with Crippen LogP contribution in [0.5, 0.6) is 11.5 Å². The number of carbonyl (C=O) groups is 2. The largest absolute Gasteiger partial charge is 0.497 e. The Morgan fingerprint density at radius 2 is 1.82 bits per heavy atom. The predicted octanol–water partition coefficient (Wildman–Crippen LogP) is 2.31. The molecule has 1 amide bonds. The first-order valence-electron chi connectivity index (χ1n) is 7.14. The maximum Gasteiger partial charge on any atom is 0.303 e. The maximum absolute atomic E-state index is 12.0. The first kappa shape index (κ1) is 17.8. The molecule has 0 aliphatic rings. The van der Waals surface area contributed by atoms with E-state index in [0.717, 1.165) is 5.56 Å². The summed E-state index contributed by atoms with van der Waals surface area (Å²) in [5.41, 5.74) is 0.893. The van der Waals surface area contributed by atoms with Crippen LogP contribution >= 0.6 is 0 Å². The van der Waals surface area contributed by atoms with Gasteiger partial charge < -0.3 is 19.5 Å². The Labute approximate surface area is 130 Å². The van der Waals surface area contributed by atoms with Crippen LogP contribution in [0.4, 0.5) is 0 Å². The van der Waals surface area contributed by atoms with E-state index in [9.17, 15) is 9.59 Å². The molecule has 6 heteroatoms. The van der Waals surface area contributed by atoms with Gasteiger partial charge in [0.05, 0.1) is 14.2 Å². The zero-order chi connectivity index (χ0) is 16.5. The zero-order valence-electron chi connectivity index (χ0n) is 13.3. The third-order valence-electron chi connectivity index (χ3n) is 3.36. The van der Waals surface area contributed by atoms with Crippen molar-refractivity contribution < 1.29 is 24.2 Å². The number of carboxylic acid groups (broad SMARTS) is 1. The molecule has 0 unspecified atom stereocenters. The van der Waals surface area contributed by atoms with E-state index in [2.05, 4.69) is 0 Å². The molecule has 0 saturated carbocycles. The Hall–Kier alpha value is -2.24. The molecule has 0 saturated heterocycles. The number of carboxylic acids is 1. The van der Waals surface area contributed by atoms with Crippen molar-refractivity contribution in [3.05, 3.63) is 23.8 Å². The van der Waals surface area contributed by atoms with Crippen LogP contribution in [0.2, 0.25) is 0 Å². The highest BCUT2D eigenvalue weighted by molar-refractivity contribution is 5.76. The van der Waals surface area contributed by atoms with Crippen LogP contribution in [0.25, 0.3) is 0 Å². The molecule has 122 valence electrons. The van der Waals surface area contributed by atoms with Crippen LogP contribution < -0.4 is 9.47 Å². The summed E-state index contributed by atoms with van der Waals surface area (Å²) in [4.78, 5) is 24.1. The van der Waals surface area contributed by atoms with E-state index >= 15 is 0 Å². The molecule has 1 rings (SSSR count). The van der Waals surface area contributed by atoms with E-state index in [-0.39, 0.29) is 12.3 Å². The van der Waals surface area contributed by atoms with Crippen molar-refractivity contribution in [2.24, 2.45) is 0 Å². The van der Waals surface area contributed by atoms with Gasteiger partial charge in [0.25, 0.3) is 0 Å². The summed E-state index contributed by atoms with van der Waals surface area (Å²) in [5.74, 6) is 0.528. The van der Waals surface area contributed by atoms with Gasteiger partial charge in [-0.15, -0.1) is 0 Å². The van der Waals surface area contributed by atoms with E-state index in [0.29, 0.717) is 37.3 Å². The van der Waals surface area contributed by atoms with Gasteiger partial charge in [0, 0.05) is 38.1 Å². The molecule has 0 aliphatic carbocycles. The lowest BCUT2D eigenvalue weighted by Gasteiger charge is -2.19. The number of hydrogen-bond acceptors (Lipinski definition) is 4.